The Labute approximate surface area is 177 Å². The van der Waals surface area contributed by atoms with E-state index in [0.717, 1.165) is 21.0 Å². The lowest BCUT2D eigenvalue weighted by Gasteiger charge is -2.05. The third-order valence-corrected chi connectivity index (χ3v) is 6.20. The van der Waals surface area contributed by atoms with Crippen molar-refractivity contribution in [2.24, 2.45) is 0 Å². The van der Waals surface area contributed by atoms with E-state index in [4.69, 9.17) is 8.83 Å². The van der Waals surface area contributed by atoms with Crippen LogP contribution in [0.15, 0.2) is 78.1 Å². The molecule has 5 rings (SSSR count). The maximum absolute atomic E-state index is 13.2. The van der Waals surface area contributed by atoms with Crippen molar-refractivity contribution in [1.29, 1.82) is 0 Å². The fourth-order valence-electron chi connectivity index (χ4n) is 3.56. The molecule has 3 heterocycles. The van der Waals surface area contributed by atoms with E-state index in [1.165, 1.54) is 17.4 Å². The Bertz CT molecular complexity index is 1460. The Morgan fingerprint density at radius 2 is 1.90 bits per heavy atom. The molecule has 0 bridgehead atoms. The molecule has 142 valence electrons. The van der Waals surface area contributed by atoms with Crippen LogP contribution in [-0.2, 0) is 0 Å². The highest BCUT2D eigenvalue weighted by molar-refractivity contribution is 9.10. The van der Waals surface area contributed by atoms with Crippen LogP contribution in [-0.4, -0.2) is 5.78 Å². The number of fused-ring (bicyclic) bond motifs is 3. The van der Waals surface area contributed by atoms with Gasteiger partial charge >= 0.3 is 5.63 Å². The first-order valence-electron chi connectivity index (χ1n) is 8.87. The average molecular weight is 465 g/mol. The van der Waals surface area contributed by atoms with Gasteiger partial charge in [0, 0.05) is 21.5 Å². The van der Waals surface area contributed by atoms with Gasteiger partial charge in [0.25, 0.3) is 0 Å². The van der Waals surface area contributed by atoms with Crippen LogP contribution < -0.4 is 5.63 Å². The number of rotatable bonds is 3. The van der Waals surface area contributed by atoms with Crippen molar-refractivity contribution in [2.45, 2.75) is 6.92 Å². The largest absolute Gasteiger partial charge is 0.452 e. The molecule has 4 nitrogen and oxygen atoms in total. The van der Waals surface area contributed by atoms with Crippen LogP contribution in [0.3, 0.4) is 0 Å². The number of carbonyl (C=O) groups is 1. The van der Waals surface area contributed by atoms with Gasteiger partial charge < -0.3 is 8.83 Å². The third kappa shape index (κ3) is 2.96. The molecule has 0 aliphatic rings. The van der Waals surface area contributed by atoms with Crippen LogP contribution in [0.5, 0.6) is 0 Å². The summed E-state index contributed by atoms with van der Waals surface area (Å²) < 4.78 is 12.5. The number of ketones is 1. The highest BCUT2D eigenvalue weighted by Crippen LogP contribution is 2.41. The number of hydrogen-bond acceptors (Lipinski definition) is 5. The summed E-state index contributed by atoms with van der Waals surface area (Å²) in [5.41, 5.74) is 2.73. The van der Waals surface area contributed by atoms with E-state index in [0.29, 0.717) is 27.0 Å². The predicted molar refractivity (Wildman–Crippen MR) is 118 cm³/mol. The van der Waals surface area contributed by atoms with E-state index in [9.17, 15) is 9.59 Å². The quantitative estimate of drug-likeness (QED) is 0.223. The van der Waals surface area contributed by atoms with Gasteiger partial charge in [-0.15, -0.1) is 11.3 Å². The zero-order chi connectivity index (χ0) is 20.1. The second-order valence-corrected chi connectivity index (χ2v) is 8.55. The van der Waals surface area contributed by atoms with Crippen LogP contribution in [0.4, 0.5) is 0 Å². The molecule has 0 spiro atoms. The summed E-state index contributed by atoms with van der Waals surface area (Å²) in [5, 5.41) is 3.29. The SMILES string of the molecule is Cc1cc(=O)oc2c1ccc1oc(C(=O)c3cccs3)c(-c3cccc(Br)c3)c12. The Kier molecular flexibility index (Phi) is 4.26. The average Bonchev–Trinajstić information content (AvgIpc) is 3.35. The van der Waals surface area contributed by atoms with Gasteiger partial charge in [0.15, 0.2) is 5.76 Å². The third-order valence-electron chi connectivity index (χ3n) is 4.83. The lowest BCUT2D eigenvalue weighted by molar-refractivity contribution is 0.102. The lowest BCUT2D eigenvalue weighted by Crippen LogP contribution is -2.00. The maximum atomic E-state index is 13.2. The summed E-state index contributed by atoms with van der Waals surface area (Å²) >= 11 is 4.86. The molecule has 6 heteroatoms. The van der Waals surface area contributed by atoms with Crippen LogP contribution in [0.1, 0.15) is 21.0 Å². The maximum Gasteiger partial charge on any atom is 0.336 e. The van der Waals surface area contributed by atoms with Crippen molar-refractivity contribution in [1.82, 2.24) is 0 Å². The molecular formula is C23H13BrO4S. The van der Waals surface area contributed by atoms with Gasteiger partial charge in [-0.25, -0.2) is 4.79 Å². The number of carbonyl (C=O) groups excluding carboxylic acids is 1. The van der Waals surface area contributed by atoms with Crippen molar-refractivity contribution >= 4 is 55.0 Å². The topological polar surface area (TPSA) is 60.4 Å². The van der Waals surface area contributed by atoms with Gasteiger partial charge in [0.2, 0.25) is 5.78 Å². The molecule has 0 atom stereocenters. The first-order valence-corrected chi connectivity index (χ1v) is 10.5. The zero-order valence-corrected chi connectivity index (χ0v) is 17.6. The molecule has 0 amide bonds. The lowest BCUT2D eigenvalue weighted by atomic mass is 9.98. The van der Waals surface area contributed by atoms with Crippen molar-refractivity contribution in [3.63, 3.8) is 0 Å². The van der Waals surface area contributed by atoms with Gasteiger partial charge in [-0.2, -0.15) is 0 Å². The fourth-order valence-corrected chi connectivity index (χ4v) is 4.62. The van der Waals surface area contributed by atoms with Crippen molar-refractivity contribution < 1.29 is 13.6 Å². The fraction of sp³-hybridized carbons (Fsp3) is 0.0435. The van der Waals surface area contributed by atoms with Crippen LogP contribution >= 0.6 is 27.3 Å². The molecule has 2 aromatic carbocycles. The van der Waals surface area contributed by atoms with E-state index in [2.05, 4.69) is 15.9 Å². The van der Waals surface area contributed by atoms with E-state index < -0.39 is 5.63 Å². The van der Waals surface area contributed by atoms with Crippen LogP contribution in [0, 0.1) is 6.92 Å². The summed E-state index contributed by atoms with van der Waals surface area (Å²) in [6.45, 7) is 1.86. The second-order valence-electron chi connectivity index (χ2n) is 6.69. The van der Waals surface area contributed by atoms with Crippen molar-refractivity contribution in [3.8, 4) is 11.1 Å². The Hall–Kier alpha value is -2.96. The van der Waals surface area contributed by atoms with Gasteiger partial charge in [-0.05, 0) is 53.8 Å². The molecule has 0 unspecified atom stereocenters. The van der Waals surface area contributed by atoms with Gasteiger partial charge in [0.1, 0.15) is 11.2 Å². The highest BCUT2D eigenvalue weighted by Gasteiger charge is 2.26. The van der Waals surface area contributed by atoms with Crippen molar-refractivity contribution in [2.75, 3.05) is 0 Å². The monoisotopic (exact) mass is 464 g/mol. The van der Waals surface area contributed by atoms with Gasteiger partial charge in [-0.3, -0.25) is 4.79 Å². The summed E-state index contributed by atoms with van der Waals surface area (Å²) in [4.78, 5) is 25.9. The Morgan fingerprint density at radius 3 is 2.66 bits per heavy atom. The molecule has 0 fully saturated rings. The molecular weight excluding hydrogens is 452 g/mol. The second kappa shape index (κ2) is 6.83. The minimum Gasteiger partial charge on any atom is -0.452 e. The minimum atomic E-state index is -0.435. The molecule has 29 heavy (non-hydrogen) atoms. The van der Waals surface area contributed by atoms with Crippen LogP contribution in [0.2, 0.25) is 0 Å². The smallest absolute Gasteiger partial charge is 0.336 e. The molecule has 0 aliphatic heterocycles. The number of thiophene rings is 1. The summed E-state index contributed by atoms with van der Waals surface area (Å²) in [5.74, 6) is 0.0338. The number of furan rings is 1. The molecule has 3 aromatic heterocycles. The van der Waals surface area contributed by atoms with Gasteiger partial charge in [0.05, 0.1) is 10.3 Å². The van der Waals surface area contributed by atoms with E-state index in [-0.39, 0.29) is 11.5 Å². The normalized spacial score (nSPS) is 11.4. The van der Waals surface area contributed by atoms with Crippen LogP contribution in [0.25, 0.3) is 33.1 Å². The molecule has 0 radical (unpaired) electrons. The number of halogens is 1. The van der Waals surface area contributed by atoms with Gasteiger partial charge in [-0.1, -0.05) is 34.1 Å². The Morgan fingerprint density at radius 1 is 1.03 bits per heavy atom. The van der Waals surface area contributed by atoms with E-state index in [1.54, 1.807) is 6.07 Å². The summed E-state index contributed by atoms with van der Waals surface area (Å²) in [7, 11) is 0. The van der Waals surface area contributed by atoms with E-state index in [1.807, 2.05) is 54.8 Å². The molecule has 0 saturated heterocycles. The number of aryl methyl sites for hydroxylation is 1. The van der Waals surface area contributed by atoms with E-state index >= 15 is 0 Å². The standard InChI is InChI=1S/C23H13BrO4S/c1-12-10-18(25)28-22-15(12)7-8-16-20(22)19(13-4-2-5-14(24)11-13)23(27-16)21(26)17-6-3-9-29-17/h2-11H,1H3. The number of benzene rings is 2. The molecule has 0 aliphatic carbocycles. The molecule has 0 saturated carbocycles. The predicted octanol–water partition coefficient (Wildman–Crippen LogP) is 6.57. The Balaban J connectivity index is 1.95. The highest BCUT2D eigenvalue weighted by atomic mass is 79.9. The summed E-state index contributed by atoms with van der Waals surface area (Å²) in [6.07, 6.45) is 0. The molecule has 0 N–H and O–H groups in total. The number of hydrogen-bond donors (Lipinski definition) is 0. The zero-order valence-electron chi connectivity index (χ0n) is 15.2. The minimum absolute atomic E-state index is 0.200. The van der Waals surface area contributed by atoms with Crippen molar-refractivity contribution in [3.05, 3.63) is 91.1 Å². The first kappa shape index (κ1) is 18.1. The first-order chi connectivity index (χ1) is 14.0. The summed E-state index contributed by atoms with van der Waals surface area (Å²) in [6, 6.07) is 16.4. The molecule has 5 aromatic rings.